The molecule has 2 aromatic heterocycles. The first-order chi connectivity index (χ1) is 12.5. The Labute approximate surface area is 154 Å². The zero-order chi connectivity index (χ0) is 18.7. The Morgan fingerprint density at radius 1 is 1.27 bits per heavy atom. The third-order valence-electron chi connectivity index (χ3n) is 4.91. The molecule has 0 radical (unpaired) electrons. The van der Waals surface area contributed by atoms with Crippen LogP contribution in [0, 0.1) is 6.92 Å². The number of nitrogens with zero attached hydrogens (tertiary/aromatic N) is 7. The molecule has 1 aliphatic heterocycles. The van der Waals surface area contributed by atoms with Crippen LogP contribution in [0.3, 0.4) is 0 Å². The molecule has 0 aliphatic carbocycles. The summed E-state index contributed by atoms with van der Waals surface area (Å²) in [4.78, 5) is 16.5. The first-order valence-corrected chi connectivity index (χ1v) is 9.32. The van der Waals surface area contributed by atoms with Crippen molar-refractivity contribution in [1.29, 1.82) is 0 Å². The van der Waals surface area contributed by atoms with Crippen LogP contribution in [0.5, 0.6) is 0 Å². The Balaban J connectivity index is 1.60. The van der Waals surface area contributed by atoms with Crippen molar-refractivity contribution in [3.05, 3.63) is 29.6 Å². The van der Waals surface area contributed by atoms with Crippen molar-refractivity contribution in [3.8, 4) is 0 Å². The zero-order valence-electron chi connectivity index (χ0n) is 16.2. The summed E-state index contributed by atoms with van der Waals surface area (Å²) in [5.41, 5.74) is 0.934. The summed E-state index contributed by atoms with van der Waals surface area (Å²) in [6, 6.07) is 1.92. The van der Waals surface area contributed by atoms with E-state index in [1.807, 2.05) is 38.2 Å². The van der Waals surface area contributed by atoms with Crippen LogP contribution in [0.4, 0.5) is 0 Å². The van der Waals surface area contributed by atoms with Gasteiger partial charge in [-0.05, 0) is 46.9 Å². The van der Waals surface area contributed by atoms with Crippen molar-refractivity contribution in [2.45, 2.75) is 52.2 Å². The number of hydrogen-bond donors (Lipinski definition) is 0. The lowest BCUT2D eigenvalue weighted by Gasteiger charge is -2.31. The first-order valence-electron chi connectivity index (χ1n) is 9.32. The van der Waals surface area contributed by atoms with Crippen molar-refractivity contribution in [2.24, 2.45) is 0 Å². The average molecular weight is 359 g/mol. The van der Waals surface area contributed by atoms with Crippen molar-refractivity contribution >= 4 is 5.91 Å². The molecule has 0 unspecified atom stereocenters. The molecule has 2 aromatic rings. The van der Waals surface area contributed by atoms with Crippen LogP contribution in [-0.4, -0.2) is 67.4 Å². The SMILES string of the molecule is CCn1c(CN(C)C)nnc1C1CCN(C(=O)Cn2ccc(C)n2)CC1. The van der Waals surface area contributed by atoms with E-state index in [-0.39, 0.29) is 5.91 Å². The predicted octanol–water partition coefficient (Wildman–Crippen LogP) is 1.27. The standard InChI is InChI=1S/C18H29N7O/c1-5-25-16(12-22(3)4)19-20-18(25)15-7-9-23(10-8-15)17(26)13-24-11-6-14(2)21-24/h6,11,15H,5,7-10,12-13H2,1-4H3. The molecule has 1 fully saturated rings. The van der Waals surface area contributed by atoms with Gasteiger partial charge in [-0.25, -0.2) is 0 Å². The van der Waals surface area contributed by atoms with Gasteiger partial charge in [-0.3, -0.25) is 9.48 Å². The summed E-state index contributed by atoms with van der Waals surface area (Å²) in [5.74, 6) is 2.59. The van der Waals surface area contributed by atoms with Gasteiger partial charge in [0.25, 0.3) is 0 Å². The molecule has 1 saturated heterocycles. The van der Waals surface area contributed by atoms with Gasteiger partial charge in [-0.15, -0.1) is 10.2 Å². The van der Waals surface area contributed by atoms with Crippen LogP contribution in [0.15, 0.2) is 12.3 Å². The zero-order valence-corrected chi connectivity index (χ0v) is 16.2. The summed E-state index contributed by atoms with van der Waals surface area (Å²) in [6.45, 7) is 7.59. The van der Waals surface area contributed by atoms with Gasteiger partial charge in [0.1, 0.15) is 18.2 Å². The van der Waals surface area contributed by atoms with Gasteiger partial charge in [0.05, 0.1) is 12.2 Å². The van der Waals surface area contributed by atoms with E-state index in [0.717, 1.165) is 56.4 Å². The Kier molecular flexibility index (Phi) is 5.70. The summed E-state index contributed by atoms with van der Waals surface area (Å²) in [6.07, 6.45) is 3.73. The fourth-order valence-corrected chi connectivity index (χ4v) is 3.57. The van der Waals surface area contributed by atoms with Crippen molar-refractivity contribution in [1.82, 2.24) is 34.3 Å². The third-order valence-corrected chi connectivity index (χ3v) is 4.91. The molecule has 26 heavy (non-hydrogen) atoms. The first kappa shape index (κ1) is 18.6. The van der Waals surface area contributed by atoms with Crippen molar-refractivity contribution < 1.29 is 4.79 Å². The number of carbonyl (C=O) groups excluding carboxylic acids is 1. The summed E-state index contributed by atoms with van der Waals surface area (Å²) in [5, 5.41) is 13.2. The minimum Gasteiger partial charge on any atom is -0.341 e. The lowest BCUT2D eigenvalue weighted by molar-refractivity contribution is -0.133. The van der Waals surface area contributed by atoms with Gasteiger partial charge in [0.15, 0.2) is 0 Å². The Morgan fingerprint density at radius 3 is 2.58 bits per heavy atom. The van der Waals surface area contributed by atoms with E-state index in [4.69, 9.17) is 0 Å². The average Bonchev–Trinajstić information content (AvgIpc) is 3.20. The number of likely N-dealkylation sites (tertiary alicyclic amines) is 1. The number of aromatic nitrogens is 5. The van der Waals surface area contributed by atoms with Crippen LogP contribution >= 0.6 is 0 Å². The largest absolute Gasteiger partial charge is 0.341 e. The Hall–Kier alpha value is -2.22. The van der Waals surface area contributed by atoms with E-state index >= 15 is 0 Å². The molecule has 0 aromatic carbocycles. The normalized spacial score (nSPS) is 15.8. The number of carbonyl (C=O) groups is 1. The maximum atomic E-state index is 12.5. The second-order valence-electron chi connectivity index (χ2n) is 7.27. The van der Waals surface area contributed by atoms with Gasteiger partial charge in [0, 0.05) is 31.7 Å². The molecule has 0 bridgehead atoms. The maximum absolute atomic E-state index is 12.5. The van der Waals surface area contributed by atoms with Gasteiger partial charge < -0.3 is 14.4 Å². The second-order valence-corrected chi connectivity index (χ2v) is 7.27. The molecule has 3 rings (SSSR count). The topological polar surface area (TPSA) is 72.1 Å². The van der Waals surface area contributed by atoms with Gasteiger partial charge in [0.2, 0.25) is 5.91 Å². The van der Waals surface area contributed by atoms with Crippen molar-refractivity contribution in [3.63, 3.8) is 0 Å². The smallest absolute Gasteiger partial charge is 0.244 e. The van der Waals surface area contributed by atoms with Crippen LogP contribution in [0.2, 0.25) is 0 Å². The highest BCUT2D eigenvalue weighted by Gasteiger charge is 2.28. The van der Waals surface area contributed by atoms with E-state index in [9.17, 15) is 4.79 Å². The molecule has 8 nitrogen and oxygen atoms in total. The second kappa shape index (κ2) is 7.99. The monoisotopic (exact) mass is 359 g/mol. The lowest BCUT2D eigenvalue weighted by Crippen LogP contribution is -2.40. The minimum absolute atomic E-state index is 0.136. The molecule has 0 atom stereocenters. The van der Waals surface area contributed by atoms with E-state index < -0.39 is 0 Å². The van der Waals surface area contributed by atoms with E-state index in [1.54, 1.807) is 4.68 Å². The van der Waals surface area contributed by atoms with Gasteiger partial charge in [-0.2, -0.15) is 5.10 Å². The fourth-order valence-electron chi connectivity index (χ4n) is 3.57. The fraction of sp³-hybridized carbons (Fsp3) is 0.667. The minimum atomic E-state index is 0.136. The molecule has 8 heteroatoms. The van der Waals surface area contributed by atoms with Crippen molar-refractivity contribution in [2.75, 3.05) is 27.2 Å². The van der Waals surface area contributed by atoms with E-state index in [0.29, 0.717) is 12.5 Å². The van der Waals surface area contributed by atoms with Gasteiger partial charge in [-0.1, -0.05) is 0 Å². The van der Waals surface area contributed by atoms with Crippen LogP contribution in [0.1, 0.15) is 43.0 Å². The molecule has 0 N–H and O–H groups in total. The maximum Gasteiger partial charge on any atom is 0.244 e. The quantitative estimate of drug-likeness (QED) is 0.777. The number of amides is 1. The van der Waals surface area contributed by atoms with E-state index in [1.165, 1.54) is 0 Å². The predicted molar refractivity (Wildman–Crippen MR) is 98.6 cm³/mol. The van der Waals surface area contributed by atoms with Crippen LogP contribution in [0.25, 0.3) is 0 Å². The summed E-state index contributed by atoms with van der Waals surface area (Å²) < 4.78 is 3.94. The molecule has 1 aliphatic rings. The third kappa shape index (κ3) is 4.12. The Bertz CT molecular complexity index is 741. The molecule has 3 heterocycles. The molecule has 0 spiro atoms. The number of aryl methyl sites for hydroxylation is 1. The van der Waals surface area contributed by atoms with E-state index in [2.05, 4.69) is 31.7 Å². The van der Waals surface area contributed by atoms with Crippen LogP contribution in [-0.2, 0) is 24.4 Å². The molecule has 142 valence electrons. The molecular weight excluding hydrogens is 330 g/mol. The highest BCUT2D eigenvalue weighted by Crippen LogP contribution is 2.27. The number of piperidine rings is 1. The summed E-state index contributed by atoms with van der Waals surface area (Å²) >= 11 is 0. The number of rotatable bonds is 6. The number of hydrogen-bond acceptors (Lipinski definition) is 5. The lowest BCUT2D eigenvalue weighted by atomic mass is 9.95. The van der Waals surface area contributed by atoms with Crippen LogP contribution < -0.4 is 0 Å². The Morgan fingerprint density at radius 2 is 2.00 bits per heavy atom. The molecule has 1 amide bonds. The highest BCUT2D eigenvalue weighted by atomic mass is 16.2. The summed E-state index contributed by atoms with van der Waals surface area (Å²) in [7, 11) is 4.08. The van der Waals surface area contributed by atoms with Gasteiger partial charge >= 0.3 is 0 Å². The highest BCUT2D eigenvalue weighted by molar-refractivity contribution is 5.76. The molecular formula is C18H29N7O. The molecule has 0 saturated carbocycles.